The number of amides is 1. The second-order valence-electron chi connectivity index (χ2n) is 5.73. The second kappa shape index (κ2) is 5.89. The zero-order chi connectivity index (χ0) is 14.8. The van der Waals surface area contributed by atoms with E-state index in [0.29, 0.717) is 12.3 Å². The molecule has 2 saturated heterocycles. The van der Waals surface area contributed by atoms with Gasteiger partial charge in [-0.1, -0.05) is 0 Å². The van der Waals surface area contributed by atoms with E-state index in [0.717, 1.165) is 38.4 Å². The van der Waals surface area contributed by atoms with Gasteiger partial charge in [0.25, 0.3) is 0 Å². The summed E-state index contributed by atoms with van der Waals surface area (Å²) >= 11 is 0. The topological polar surface area (TPSA) is 71.7 Å². The molecule has 0 radical (unpaired) electrons. The number of aromatic nitrogens is 1. The average Bonchev–Trinajstić information content (AvgIpc) is 2.94. The molecule has 2 aliphatic heterocycles. The summed E-state index contributed by atoms with van der Waals surface area (Å²) in [5.41, 5.74) is 6.32. The molecule has 0 spiro atoms. The molecular weight excluding hydrogens is 268 g/mol. The van der Waals surface area contributed by atoms with Crippen LogP contribution in [0.1, 0.15) is 13.3 Å². The van der Waals surface area contributed by atoms with Crippen LogP contribution < -0.4 is 10.6 Å². The molecule has 0 aromatic carbocycles. The van der Waals surface area contributed by atoms with Crippen molar-refractivity contribution in [1.82, 2.24) is 9.88 Å². The Labute approximate surface area is 124 Å². The normalized spacial score (nSPS) is 26.1. The minimum atomic E-state index is 0.0335. The minimum absolute atomic E-state index is 0.0335. The number of hydrogen-bond acceptors (Lipinski definition) is 5. The molecule has 3 rings (SSSR count). The smallest absolute Gasteiger partial charge is 0.228 e. The summed E-state index contributed by atoms with van der Waals surface area (Å²) in [5, 5.41) is 0. The highest BCUT2D eigenvalue weighted by Gasteiger charge is 2.34. The van der Waals surface area contributed by atoms with Gasteiger partial charge in [-0.05, 0) is 25.5 Å². The number of rotatable bonds is 2. The van der Waals surface area contributed by atoms with Crippen molar-refractivity contribution in [3.8, 4) is 0 Å². The van der Waals surface area contributed by atoms with Crippen LogP contribution in [0.4, 0.5) is 11.5 Å². The van der Waals surface area contributed by atoms with E-state index in [1.807, 2.05) is 24.0 Å². The van der Waals surface area contributed by atoms with Gasteiger partial charge in [0.2, 0.25) is 5.91 Å². The Kier molecular flexibility index (Phi) is 3.96. The Bertz CT molecular complexity index is 497. The average molecular weight is 290 g/mol. The molecule has 6 heteroatoms. The van der Waals surface area contributed by atoms with E-state index in [9.17, 15) is 4.79 Å². The standard InChI is InChI=1S/C15H22N4O2/c1-11-13(4-9-21-11)15(20)19-7-5-18(6-8-19)14-3-2-12(16)10-17-14/h2-3,10-11,13H,4-9,16H2,1H3. The fourth-order valence-electron chi connectivity index (χ4n) is 3.03. The van der Waals surface area contributed by atoms with Crippen LogP contribution in [0.2, 0.25) is 0 Å². The predicted octanol–water partition coefficient (Wildman–Crippen LogP) is 0.737. The van der Waals surface area contributed by atoms with Crippen molar-refractivity contribution >= 4 is 17.4 Å². The predicted molar refractivity (Wildman–Crippen MR) is 81.0 cm³/mol. The molecule has 2 fully saturated rings. The highest BCUT2D eigenvalue weighted by Crippen LogP contribution is 2.24. The van der Waals surface area contributed by atoms with Crippen LogP contribution >= 0.6 is 0 Å². The van der Waals surface area contributed by atoms with Gasteiger partial charge in [0.1, 0.15) is 5.82 Å². The SMILES string of the molecule is CC1OCCC1C(=O)N1CCN(c2ccc(N)cn2)CC1. The van der Waals surface area contributed by atoms with Crippen molar-refractivity contribution in [2.24, 2.45) is 5.92 Å². The first-order chi connectivity index (χ1) is 10.1. The molecule has 0 aliphatic carbocycles. The molecule has 6 nitrogen and oxygen atoms in total. The highest BCUT2D eigenvalue weighted by atomic mass is 16.5. The molecule has 114 valence electrons. The van der Waals surface area contributed by atoms with Gasteiger partial charge >= 0.3 is 0 Å². The Morgan fingerprint density at radius 2 is 2.10 bits per heavy atom. The summed E-state index contributed by atoms with van der Waals surface area (Å²) in [6.45, 7) is 5.80. The Hall–Kier alpha value is -1.82. The van der Waals surface area contributed by atoms with Crippen molar-refractivity contribution in [3.63, 3.8) is 0 Å². The quantitative estimate of drug-likeness (QED) is 0.869. The lowest BCUT2D eigenvalue weighted by atomic mass is 10.0. The molecular formula is C15H22N4O2. The highest BCUT2D eigenvalue weighted by molar-refractivity contribution is 5.80. The van der Waals surface area contributed by atoms with E-state index >= 15 is 0 Å². The summed E-state index contributed by atoms with van der Waals surface area (Å²) in [4.78, 5) is 21.0. The Balaban J connectivity index is 1.57. The van der Waals surface area contributed by atoms with Crippen LogP contribution in [-0.4, -0.2) is 54.7 Å². The number of hydrogen-bond donors (Lipinski definition) is 1. The second-order valence-corrected chi connectivity index (χ2v) is 5.73. The van der Waals surface area contributed by atoms with Crippen molar-refractivity contribution in [2.75, 3.05) is 43.4 Å². The van der Waals surface area contributed by atoms with Gasteiger partial charge in [0.15, 0.2) is 0 Å². The largest absolute Gasteiger partial charge is 0.397 e. The number of anilines is 2. The number of carbonyl (C=O) groups is 1. The van der Waals surface area contributed by atoms with Gasteiger partial charge < -0.3 is 20.3 Å². The van der Waals surface area contributed by atoms with Crippen molar-refractivity contribution in [1.29, 1.82) is 0 Å². The molecule has 1 aromatic rings. The van der Waals surface area contributed by atoms with Crippen LogP contribution in [0.15, 0.2) is 18.3 Å². The molecule has 0 bridgehead atoms. The lowest BCUT2D eigenvalue weighted by Crippen LogP contribution is -2.51. The Morgan fingerprint density at radius 3 is 2.67 bits per heavy atom. The molecule has 1 amide bonds. The summed E-state index contributed by atoms with van der Waals surface area (Å²) in [6.07, 6.45) is 2.57. The molecule has 1 aromatic heterocycles. The zero-order valence-electron chi connectivity index (χ0n) is 12.4. The fraction of sp³-hybridized carbons (Fsp3) is 0.600. The van der Waals surface area contributed by atoms with E-state index in [2.05, 4.69) is 9.88 Å². The maximum Gasteiger partial charge on any atom is 0.228 e. The molecule has 2 N–H and O–H groups in total. The van der Waals surface area contributed by atoms with Crippen LogP contribution in [0.25, 0.3) is 0 Å². The van der Waals surface area contributed by atoms with Gasteiger partial charge in [-0.2, -0.15) is 0 Å². The van der Waals surface area contributed by atoms with Crippen molar-refractivity contribution in [2.45, 2.75) is 19.4 Å². The van der Waals surface area contributed by atoms with E-state index in [-0.39, 0.29) is 17.9 Å². The number of piperazine rings is 1. The lowest BCUT2D eigenvalue weighted by Gasteiger charge is -2.36. The number of nitrogens with zero attached hydrogens (tertiary/aromatic N) is 3. The third kappa shape index (κ3) is 2.95. The monoisotopic (exact) mass is 290 g/mol. The van der Waals surface area contributed by atoms with Crippen LogP contribution in [0.3, 0.4) is 0 Å². The van der Waals surface area contributed by atoms with Gasteiger partial charge in [0.05, 0.1) is 23.9 Å². The van der Waals surface area contributed by atoms with E-state index < -0.39 is 0 Å². The fourth-order valence-corrected chi connectivity index (χ4v) is 3.03. The number of nitrogens with two attached hydrogens (primary N) is 1. The third-order valence-corrected chi connectivity index (χ3v) is 4.38. The summed E-state index contributed by atoms with van der Waals surface area (Å²) in [5.74, 6) is 1.20. The first-order valence-corrected chi connectivity index (χ1v) is 7.52. The summed E-state index contributed by atoms with van der Waals surface area (Å²) in [7, 11) is 0. The maximum absolute atomic E-state index is 12.5. The van der Waals surface area contributed by atoms with Gasteiger partial charge in [-0.15, -0.1) is 0 Å². The lowest BCUT2D eigenvalue weighted by molar-refractivity contribution is -0.137. The summed E-state index contributed by atoms with van der Waals surface area (Å²) in [6, 6.07) is 3.79. The third-order valence-electron chi connectivity index (χ3n) is 4.38. The van der Waals surface area contributed by atoms with Gasteiger partial charge in [0, 0.05) is 32.8 Å². The maximum atomic E-state index is 12.5. The number of nitrogen functional groups attached to an aromatic ring is 1. The zero-order valence-corrected chi connectivity index (χ0v) is 12.4. The molecule has 2 aliphatic rings. The van der Waals surface area contributed by atoms with Gasteiger partial charge in [-0.25, -0.2) is 4.98 Å². The number of ether oxygens (including phenoxy) is 1. The molecule has 2 unspecified atom stereocenters. The van der Waals surface area contributed by atoms with E-state index in [1.54, 1.807) is 6.20 Å². The van der Waals surface area contributed by atoms with E-state index in [4.69, 9.17) is 10.5 Å². The first-order valence-electron chi connectivity index (χ1n) is 7.52. The van der Waals surface area contributed by atoms with Crippen molar-refractivity contribution < 1.29 is 9.53 Å². The number of carbonyl (C=O) groups excluding carboxylic acids is 1. The molecule has 21 heavy (non-hydrogen) atoms. The molecule has 2 atom stereocenters. The van der Waals surface area contributed by atoms with Gasteiger partial charge in [-0.3, -0.25) is 4.79 Å². The summed E-state index contributed by atoms with van der Waals surface area (Å²) < 4.78 is 5.50. The van der Waals surface area contributed by atoms with E-state index in [1.165, 1.54) is 0 Å². The van der Waals surface area contributed by atoms with Crippen LogP contribution in [0, 0.1) is 5.92 Å². The van der Waals surface area contributed by atoms with Crippen LogP contribution in [-0.2, 0) is 9.53 Å². The Morgan fingerprint density at radius 1 is 1.33 bits per heavy atom. The number of pyridine rings is 1. The van der Waals surface area contributed by atoms with Crippen molar-refractivity contribution in [3.05, 3.63) is 18.3 Å². The molecule has 0 saturated carbocycles. The molecule has 3 heterocycles. The minimum Gasteiger partial charge on any atom is -0.397 e. The first kappa shape index (κ1) is 14.1. The van der Waals surface area contributed by atoms with Crippen LogP contribution in [0.5, 0.6) is 0 Å².